The molecular formula is C13H17N3O. The third-order valence-corrected chi connectivity index (χ3v) is 2.83. The van der Waals surface area contributed by atoms with Gasteiger partial charge >= 0.3 is 0 Å². The van der Waals surface area contributed by atoms with Crippen molar-refractivity contribution in [3.05, 3.63) is 41.6 Å². The molecule has 0 spiro atoms. The van der Waals surface area contributed by atoms with Gasteiger partial charge < -0.3 is 4.74 Å². The maximum Gasteiger partial charge on any atom is 0.0865 e. The molecule has 2 aromatic rings. The smallest absolute Gasteiger partial charge is 0.0865 e. The van der Waals surface area contributed by atoms with Crippen molar-refractivity contribution in [1.29, 1.82) is 0 Å². The third kappa shape index (κ3) is 2.44. The molecule has 1 unspecified atom stereocenters. The zero-order valence-electron chi connectivity index (χ0n) is 10.1. The molecular weight excluding hydrogens is 214 g/mol. The molecule has 4 nitrogen and oxygen atoms in total. The summed E-state index contributed by atoms with van der Waals surface area (Å²) in [4.78, 5) is 4.60. The number of hydrogen-bond donors (Lipinski definition) is 2. The summed E-state index contributed by atoms with van der Waals surface area (Å²) in [6.45, 7) is 2.58. The fourth-order valence-electron chi connectivity index (χ4n) is 1.94. The number of nitrogens with two attached hydrogens (primary N) is 1. The topological polar surface area (TPSA) is 60.2 Å². The van der Waals surface area contributed by atoms with Crippen molar-refractivity contribution in [1.82, 2.24) is 10.4 Å². The Morgan fingerprint density at radius 3 is 2.88 bits per heavy atom. The Bertz CT molecular complexity index is 513. The van der Waals surface area contributed by atoms with Gasteiger partial charge in [0.15, 0.2) is 0 Å². The average Bonchev–Trinajstić information content (AvgIpc) is 2.36. The first-order chi connectivity index (χ1) is 8.26. The summed E-state index contributed by atoms with van der Waals surface area (Å²) in [6, 6.07) is 10.0. The molecule has 0 saturated carbocycles. The maximum atomic E-state index is 5.52. The summed E-state index contributed by atoms with van der Waals surface area (Å²) in [6.07, 6.45) is 0. The number of para-hydroxylation sites is 1. The van der Waals surface area contributed by atoms with E-state index in [0.29, 0.717) is 6.61 Å². The van der Waals surface area contributed by atoms with E-state index in [1.807, 2.05) is 24.3 Å². The molecule has 3 N–H and O–H groups in total. The third-order valence-electron chi connectivity index (χ3n) is 2.83. The number of aryl methyl sites for hydroxylation is 1. The highest BCUT2D eigenvalue weighted by Crippen LogP contribution is 2.20. The van der Waals surface area contributed by atoms with E-state index in [1.165, 1.54) is 10.9 Å². The van der Waals surface area contributed by atoms with Crippen molar-refractivity contribution < 1.29 is 4.74 Å². The van der Waals surface area contributed by atoms with E-state index in [-0.39, 0.29) is 6.04 Å². The lowest BCUT2D eigenvalue weighted by atomic mass is 10.1. The Morgan fingerprint density at radius 1 is 1.41 bits per heavy atom. The minimum Gasteiger partial charge on any atom is -0.383 e. The monoisotopic (exact) mass is 231 g/mol. The molecule has 0 aliphatic heterocycles. The lowest BCUT2D eigenvalue weighted by molar-refractivity contribution is 0.166. The second kappa shape index (κ2) is 5.23. The molecule has 4 heteroatoms. The van der Waals surface area contributed by atoms with Gasteiger partial charge in [0.25, 0.3) is 0 Å². The molecule has 2 rings (SSSR count). The first kappa shape index (κ1) is 12.0. The lowest BCUT2D eigenvalue weighted by Crippen LogP contribution is -2.31. The number of ether oxygens (including phenoxy) is 1. The van der Waals surface area contributed by atoms with Gasteiger partial charge in [-0.05, 0) is 24.6 Å². The highest BCUT2D eigenvalue weighted by Gasteiger charge is 2.12. The Labute approximate surface area is 101 Å². The van der Waals surface area contributed by atoms with E-state index in [0.717, 1.165) is 11.2 Å². The maximum absolute atomic E-state index is 5.52. The first-order valence-corrected chi connectivity index (χ1v) is 5.57. The van der Waals surface area contributed by atoms with Crippen LogP contribution in [-0.2, 0) is 4.74 Å². The zero-order valence-corrected chi connectivity index (χ0v) is 10.1. The van der Waals surface area contributed by atoms with E-state index in [1.54, 1.807) is 7.11 Å². The number of pyridine rings is 1. The number of aromatic nitrogens is 1. The molecule has 0 saturated heterocycles. The van der Waals surface area contributed by atoms with Crippen LogP contribution in [0.1, 0.15) is 17.3 Å². The van der Waals surface area contributed by atoms with Crippen LogP contribution < -0.4 is 11.3 Å². The fraction of sp³-hybridized carbons (Fsp3) is 0.308. The van der Waals surface area contributed by atoms with Gasteiger partial charge in [-0.15, -0.1) is 0 Å². The number of benzene rings is 1. The molecule has 17 heavy (non-hydrogen) atoms. The predicted molar refractivity (Wildman–Crippen MR) is 68.4 cm³/mol. The van der Waals surface area contributed by atoms with E-state index in [2.05, 4.69) is 23.4 Å². The van der Waals surface area contributed by atoms with Crippen LogP contribution in [0.25, 0.3) is 10.9 Å². The van der Waals surface area contributed by atoms with Crippen LogP contribution >= 0.6 is 0 Å². The molecule has 0 radical (unpaired) electrons. The van der Waals surface area contributed by atoms with E-state index in [4.69, 9.17) is 10.6 Å². The van der Waals surface area contributed by atoms with Gasteiger partial charge in [-0.1, -0.05) is 18.2 Å². The molecule has 0 bridgehead atoms. The number of hydrazine groups is 1. The number of hydrogen-bond acceptors (Lipinski definition) is 4. The van der Waals surface area contributed by atoms with Crippen LogP contribution in [0.3, 0.4) is 0 Å². The molecule has 1 aromatic carbocycles. The standard InChI is InChI=1S/C13H17N3O/c1-9-7-12(13(16-14)8-17-2)15-11-6-4-3-5-10(9)11/h3-7,13,16H,8,14H2,1-2H3. The Morgan fingerprint density at radius 2 is 2.18 bits per heavy atom. The summed E-state index contributed by atoms with van der Waals surface area (Å²) in [5.41, 5.74) is 5.81. The average molecular weight is 231 g/mol. The summed E-state index contributed by atoms with van der Waals surface area (Å²) in [5, 5.41) is 1.17. The molecule has 90 valence electrons. The summed E-state index contributed by atoms with van der Waals surface area (Å²) in [5.74, 6) is 5.52. The molecule has 1 aromatic heterocycles. The number of nitrogens with one attached hydrogen (secondary N) is 1. The van der Waals surface area contributed by atoms with Gasteiger partial charge in [0.2, 0.25) is 0 Å². The summed E-state index contributed by atoms with van der Waals surface area (Å²) in [7, 11) is 1.65. The molecule has 1 atom stereocenters. The van der Waals surface area contributed by atoms with Crippen LogP contribution in [0.5, 0.6) is 0 Å². The second-order valence-electron chi connectivity index (χ2n) is 4.06. The lowest BCUT2D eigenvalue weighted by Gasteiger charge is -2.15. The molecule has 1 heterocycles. The van der Waals surface area contributed by atoms with Crippen LogP contribution in [0, 0.1) is 6.92 Å². The van der Waals surface area contributed by atoms with Crippen LogP contribution in [-0.4, -0.2) is 18.7 Å². The molecule has 0 fully saturated rings. The van der Waals surface area contributed by atoms with Gasteiger partial charge in [-0.3, -0.25) is 10.8 Å². The summed E-state index contributed by atoms with van der Waals surface area (Å²) < 4.78 is 5.12. The Balaban J connectivity index is 2.48. The van der Waals surface area contributed by atoms with Gasteiger partial charge in [-0.25, -0.2) is 5.43 Å². The Hall–Kier alpha value is -1.49. The van der Waals surface area contributed by atoms with E-state index >= 15 is 0 Å². The summed E-state index contributed by atoms with van der Waals surface area (Å²) >= 11 is 0. The van der Waals surface area contributed by atoms with Gasteiger partial charge in [0.1, 0.15) is 0 Å². The van der Waals surface area contributed by atoms with Crippen molar-refractivity contribution >= 4 is 10.9 Å². The van der Waals surface area contributed by atoms with E-state index in [9.17, 15) is 0 Å². The largest absolute Gasteiger partial charge is 0.383 e. The van der Waals surface area contributed by atoms with Crippen molar-refractivity contribution in [3.8, 4) is 0 Å². The number of fused-ring (bicyclic) bond motifs is 1. The van der Waals surface area contributed by atoms with Crippen molar-refractivity contribution in [2.24, 2.45) is 5.84 Å². The van der Waals surface area contributed by atoms with Crippen LogP contribution in [0.4, 0.5) is 0 Å². The van der Waals surface area contributed by atoms with E-state index < -0.39 is 0 Å². The highest BCUT2D eigenvalue weighted by atomic mass is 16.5. The predicted octanol–water partition coefficient (Wildman–Crippen LogP) is 1.69. The van der Waals surface area contributed by atoms with Gasteiger partial charge in [0, 0.05) is 12.5 Å². The molecule has 0 aliphatic rings. The second-order valence-corrected chi connectivity index (χ2v) is 4.06. The van der Waals surface area contributed by atoms with Crippen LogP contribution in [0.2, 0.25) is 0 Å². The normalized spacial score (nSPS) is 12.9. The van der Waals surface area contributed by atoms with Gasteiger partial charge in [-0.2, -0.15) is 0 Å². The minimum absolute atomic E-state index is 0.0803. The SMILES string of the molecule is COCC(NN)c1cc(C)c2ccccc2n1. The number of nitrogens with zero attached hydrogens (tertiary/aromatic N) is 1. The quantitative estimate of drug-likeness (QED) is 0.621. The van der Waals surface area contributed by atoms with Gasteiger partial charge in [0.05, 0.1) is 23.9 Å². The Kier molecular flexibility index (Phi) is 3.68. The van der Waals surface area contributed by atoms with Crippen molar-refractivity contribution in [2.45, 2.75) is 13.0 Å². The minimum atomic E-state index is -0.0803. The fourth-order valence-corrected chi connectivity index (χ4v) is 1.94. The first-order valence-electron chi connectivity index (χ1n) is 5.57. The number of methoxy groups -OCH3 is 1. The number of rotatable bonds is 4. The van der Waals surface area contributed by atoms with Crippen molar-refractivity contribution in [2.75, 3.05) is 13.7 Å². The molecule has 0 aliphatic carbocycles. The molecule has 0 amide bonds. The highest BCUT2D eigenvalue weighted by molar-refractivity contribution is 5.82. The van der Waals surface area contributed by atoms with Crippen LogP contribution in [0.15, 0.2) is 30.3 Å². The zero-order chi connectivity index (χ0) is 12.3. The van der Waals surface area contributed by atoms with Crippen molar-refractivity contribution in [3.63, 3.8) is 0 Å².